The number of ether oxygens (including phenoxy) is 1. The molecule has 0 amide bonds. The van der Waals surface area contributed by atoms with Crippen LogP contribution < -0.4 is 0 Å². The first kappa shape index (κ1) is 14.8. The van der Waals surface area contributed by atoms with Crippen LogP contribution in [0.25, 0.3) is 11.3 Å². The molecule has 0 aliphatic carbocycles. The van der Waals surface area contributed by atoms with Gasteiger partial charge in [-0.2, -0.15) is 0 Å². The van der Waals surface area contributed by atoms with E-state index in [2.05, 4.69) is 4.98 Å². The molecule has 0 radical (unpaired) electrons. The minimum atomic E-state index is -0.990. The van der Waals surface area contributed by atoms with Crippen molar-refractivity contribution in [3.8, 4) is 11.3 Å². The predicted molar refractivity (Wildman–Crippen MR) is 78.4 cm³/mol. The molecule has 0 bridgehead atoms. The number of carboxylic acids is 1. The van der Waals surface area contributed by atoms with E-state index in [1.54, 1.807) is 51.1 Å². The zero-order valence-corrected chi connectivity index (χ0v) is 12.1. The van der Waals surface area contributed by atoms with Crippen molar-refractivity contribution >= 4 is 11.9 Å². The summed E-state index contributed by atoms with van der Waals surface area (Å²) < 4.78 is 5.27. The number of hydrogen-bond donors (Lipinski definition) is 2. The summed E-state index contributed by atoms with van der Waals surface area (Å²) in [4.78, 5) is 25.9. The van der Waals surface area contributed by atoms with Gasteiger partial charge in [-0.3, -0.25) is 0 Å². The number of rotatable bonds is 3. The topological polar surface area (TPSA) is 79.4 Å². The summed E-state index contributed by atoms with van der Waals surface area (Å²) >= 11 is 0. The van der Waals surface area contributed by atoms with Gasteiger partial charge in [0.1, 0.15) is 11.3 Å². The Balaban J connectivity index is 2.26. The number of aromatic amines is 1. The van der Waals surface area contributed by atoms with Crippen molar-refractivity contribution < 1.29 is 19.4 Å². The normalized spacial score (nSPS) is 11.2. The zero-order chi connectivity index (χ0) is 15.6. The van der Waals surface area contributed by atoms with E-state index in [0.29, 0.717) is 17.0 Å². The summed E-state index contributed by atoms with van der Waals surface area (Å²) in [5.41, 5.74) is 1.33. The first-order valence-electron chi connectivity index (χ1n) is 6.52. The van der Waals surface area contributed by atoms with Crippen molar-refractivity contribution in [3.63, 3.8) is 0 Å². The summed E-state index contributed by atoms with van der Waals surface area (Å²) in [5, 5.41) is 8.99. The minimum absolute atomic E-state index is 0.195. The maximum Gasteiger partial charge on any atom is 0.355 e. The molecule has 2 rings (SSSR count). The maximum atomic E-state index is 11.9. The summed E-state index contributed by atoms with van der Waals surface area (Å²) in [6, 6.07) is 9.84. The lowest BCUT2D eigenvalue weighted by Crippen LogP contribution is -2.24. The lowest BCUT2D eigenvalue weighted by molar-refractivity contribution is 0.00635. The highest BCUT2D eigenvalue weighted by molar-refractivity contribution is 5.90. The Bertz CT molecular complexity index is 680. The summed E-state index contributed by atoms with van der Waals surface area (Å²) in [6.45, 7) is 5.39. The van der Waals surface area contributed by atoms with Crippen LogP contribution in [0.4, 0.5) is 0 Å². The van der Waals surface area contributed by atoms with Gasteiger partial charge in [0.05, 0.1) is 5.56 Å². The molecule has 0 unspecified atom stereocenters. The van der Waals surface area contributed by atoms with Crippen LogP contribution in [-0.4, -0.2) is 27.6 Å². The molecule has 2 N–H and O–H groups in total. The molecule has 0 aliphatic rings. The second-order valence-corrected chi connectivity index (χ2v) is 5.67. The van der Waals surface area contributed by atoms with Gasteiger partial charge in [-0.1, -0.05) is 12.1 Å². The van der Waals surface area contributed by atoms with Crippen LogP contribution in [0.5, 0.6) is 0 Å². The quantitative estimate of drug-likeness (QED) is 0.848. The van der Waals surface area contributed by atoms with Gasteiger partial charge in [-0.05, 0) is 50.6 Å². The number of carbonyl (C=O) groups excluding carboxylic acids is 1. The number of H-pyrrole nitrogens is 1. The smallest absolute Gasteiger partial charge is 0.355 e. The summed E-state index contributed by atoms with van der Waals surface area (Å²) in [6.07, 6.45) is 0. The van der Waals surface area contributed by atoms with Crippen LogP contribution in [0.15, 0.2) is 36.4 Å². The van der Waals surface area contributed by atoms with E-state index in [9.17, 15) is 9.59 Å². The predicted octanol–water partition coefficient (Wildman–Crippen LogP) is 3.34. The van der Waals surface area contributed by atoms with E-state index < -0.39 is 17.5 Å². The SMILES string of the molecule is CC(C)(C)OC(=O)c1ccc(-c2cccc(C(=O)O)c2)[nH]1. The van der Waals surface area contributed by atoms with Crippen LogP contribution in [0.2, 0.25) is 0 Å². The van der Waals surface area contributed by atoms with Gasteiger partial charge in [0, 0.05) is 5.69 Å². The fourth-order valence-corrected chi connectivity index (χ4v) is 1.84. The molecule has 1 heterocycles. The number of hydrogen-bond acceptors (Lipinski definition) is 3. The van der Waals surface area contributed by atoms with Crippen LogP contribution in [0.1, 0.15) is 41.6 Å². The van der Waals surface area contributed by atoms with E-state index in [4.69, 9.17) is 9.84 Å². The van der Waals surface area contributed by atoms with Gasteiger partial charge in [0.15, 0.2) is 0 Å². The fraction of sp³-hybridized carbons (Fsp3) is 0.250. The van der Waals surface area contributed by atoms with Crippen molar-refractivity contribution in [3.05, 3.63) is 47.7 Å². The molecule has 21 heavy (non-hydrogen) atoms. The Kier molecular flexibility index (Phi) is 3.84. The monoisotopic (exact) mass is 287 g/mol. The van der Waals surface area contributed by atoms with Crippen LogP contribution in [-0.2, 0) is 4.74 Å². The second kappa shape index (κ2) is 5.44. The number of aromatic nitrogens is 1. The fourth-order valence-electron chi connectivity index (χ4n) is 1.84. The molecule has 110 valence electrons. The van der Waals surface area contributed by atoms with Crippen LogP contribution in [0, 0.1) is 0 Å². The van der Waals surface area contributed by atoms with Gasteiger partial charge in [0.2, 0.25) is 0 Å². The van der Waals surface area contributed by atoms with E-state index in [1.165, 1.54) is 6.07 Å². The highest BCUT2D eigenvalue weighted by Crippen LogP contribution is 2.21. The van der Waals surface area contributed by atoms with Gasteiger partial charge < -0.3 is 14.8 Å². The van der Waals surface area contributed by atoms with E-state index in [0.717, 1.165) is 0 Å². The van der Waals surface area contributed by atoms with Gasteiger partial charge >= 0.3 is 11.9 Å². The molecular formula is C16H17NO4. The van der Waals surface area contributed by atoms with E-state index in [-0.39, 0.29) is 5.56 Å². The molecule has 2 aromatic rings. The maximum absolute atomic E-state index is 11.9. The summed E-state index contributed by atoms with van der Waals surface area (Å²) in [7, 11) is 0. The average molecular weight is 287 g/mol. The molecule has 1 aromatic heterocycles. The van der Waals surface area contributed by atoms with Crippen LogP contribution >= 0.6 is 0 Å². The number of benzene rings is 1. The Morgan fingerprint density at radius 1 is 1.14 bits per heavy atom. The Morgan fingerprint density at radius 3 is 2.48 bits per heavy atom. The number of esters is 1. The molecular weight excluding hydrogens is 270 g/mol. The van der Waals surface area contributed by atoms with Crippen LogP contribution in [0.3, 0.4) is 0 Å². The highest BCUT2D eigenvalue weighted by Gasteiger charge is 2.19. The number of aromatic carboxylic acids is 1. The number of nitrogens with one attached hydrogen (secondary N) is 1. The van der Waals surface area contributed by atoms with Crippen molar-refractivity contribution in [2.24, 2.45) is 0 Å². The third-order valence-electron chi connectivity index (χ3n) is 2.73. The largest absolute Gasteiger partial charge is 0.478 e. The lowest BCUT2D eigenvalue weighted by atomic mass is 10.1. The van der Waals surface area contributed by atoms with Crippen molar-refractivity contribution in [1.82, 2.24) is 4.98 Å². The Morgan fingerprint density at radius 2 is 1.86 bits per heavy atom. The third kappa shape index (κ3) is 3.72. The molecule has 0 atom stereocenters. The van der Waals surface area contributed by atoms with Gasteiger partial charge in [-0.15, -0.1) is 0 Å². The zero-order valence-electron chi connectivity index (χ0n) is 12.1. The first-order valence-corrected chi connectivity index (χ1v) is 6.52. The molecule has 0 aliphatic heterocycles. The number of carboxylic acid groups (broad SMARTS) is 1. The molecule has 5 nitrogen and oxygen atoms in total. The summed E-state index contributed by atoms with van der Waals surface area (Å²) in [5.74, 6) is -1.43. The van der Waals surface area contributed by atoms with Gasteiger partial charge in [-0.25, -0.2) is 9.59 Å². The van der Waals surface area contributed by atoms with Crippen molar-refractivity contribution in [1.29, 1.82) is 0 Å². The minimum Gasteiger partial charge on any atom is -0.478 e. The third-order valence-corrected chi connectivity index (χ3v) is 2.73. The standard InChI is InChI=1S/C16H17NO4/c1-16(2,3)21-15(20)13-8-7-12(17-13)10-5-4-6-11(9-10)14(18)19/h4-9,17H,1-3H3,(H,18,19). The molecule has 0 saturated heterocycles. The Labute approximate surface area is 122 Å². The number of carbonyl (C=O) groups is 2. The molecule has 0 spiro atoms. The molecule has 0 saturated carbocycles. The van der Waals surface area contributed by atoms with E-state index in [1.807, 2.05) is 0 Å². The molecule has 1 aromatic carbocycles. The molecule has 5 heteroatoms. The van der Waals surface area contributed by atoms with E-state index >= 15 is 0 Å². The highest BCUT2D eigenvalue weighted by atomic mass is 16.6. The van der Waals surface area contributed by atoms with Crippen molar-refractivity contribution in [2.75, 3.05) is 0 Å². The Hall–Kier alpha value is -2.56. The van der Waals surface area contributed by atoms with Crippen molar-refractivity contribution in [2.45, 2.75) is 26.4 Å². The second-order valence-electron chi connectivity index (χ2n) is 5.67. The first-order chi connectivity index (χ1) is 9.76. The molecule has 0 fully saturated rings. The van der Waals surface area contributed by atoms with Gasteiger partial charge in [0.25, 0.3) is 0 Å². The lowest BCUT2D eigenvalue weighted by Gasteiger charge is -2.18. The average Bonchev–Trinajstić information content (AvgIpc) is 2.86.